The van der Waals surface area contributed by atoms with Gasteiger partial charge in [-0.15, -0.1) is 0 Å². The Balaban J connectivity index is 1.01. The summed E-state index contributed by atoms with van der Waals surface area (Å²) in [5.41, 5.74) is 30.7. The summed E-state index contributed by atoms with van der Waals surface area (Å²) in [6.07, 6.45) is 0. The fourth-order valence-electron chi connectivity index (χ4n) is 14.6. The third-order valence-electron chi connectivity index (χ3n) is 18.2. The molecule has 86 heavy (non-hydrogen) atoms. The number of benzene rings is 12. The molecule has 4 aliphatic heterocycles. The van der Waals surface area contributed by atoms with Gasteiger partial charge in [0.15, 0.2) is 0 Å². The summed E-state index contributed by atoms with van der Waals surface area (Å²) in [4.78, 5) is 12.6. The summed E-state index contributed by atoms with van der Waals surface area (Å²) < 4.78 is 7.19. The van der Waals surface area contributed by atoms with Crippen molar-refractivity contribution in [1.82, 2.24) is 0 Å². The molecule has 0 N–H and O–H groups in total. The minimum atomic E-state index is -0.142. The number of para-hydroxylation sites is 8. The number of ether oxygens (including phenoxy) is 1. The third-order valence-corrected chi connectivity index (χ3v) is 19.3. The Morgan fingerprint density at radius 2 is 0.826 bits per heavy atom. The standard InChI is InChI=1S/C78H60B2N4OS/c1-49-25-22-26-50(2)76(49)81(56-33-12-8-13-34-56)58-43-68-74-69(44-58)84(78-53(5)29-24-30-54(78)6)66-41-20-17-38-61(66)79(74)63-47-64-72(48-67(63)83(68)65-40-19-16-37-60(65)55-31-10-7-11-32-55)86-73-46-59(45-71-75(73)80(64)62-39-18-21-42-70(62)85-71)82(57-35-14-9-15-36-57)77-51(3)27-23-28-52(77)4/h7-48H,1-6H3. The van der Waals surface area contributed by atoms with Crippen molar-refractivity contribution in [2.45, 2.75) is 51.3 Å². The smallest absolute Gasteiger partial charge is 0.253 e. The van der Waals surface area contributed by atoms with Gasteiger partial charge in [0.05, 0.1) is 34.1 Å². The first kappa shape index (κ1) is 51.7. The molecule has 0 radical (unpaired) electrons. The van der Waals surface area contributed by atoms with Gasteiger partial charge in [-0.1, -0.05) is 199 Å². The minimum absolute atomic E-state index is 0.0963. The second-order valence-electron chi connectivity index (χ2n) is 23.5. The Morgan fingerprint density at radius 3 is 1.45 bits per heavy atom. The molecule has 0 unspecified atom stereocenters. The van der Waals surface area contributed by atoms with Crippen molar-refractivity contribution in [1.29, 1.82) is 0 Å². The molecule has 12 aromatic rings. The Hall–Kier alpha value is -9.88. The van der Waals surface area contributed by atoms with Gasteiger partial charge >= 0.3 is 0 Å². The molecule has 4 aliphatic rings. The first-order chi connectivity index (χ1) is 42.2. The van der Waals surface area contributed by atoms with Crippen LogP contribution in [0.4, 0.5) is 68.2 Å². The van der Waals surface area contributed by atoms with Crippen molar-refractivity contribution >= 4 is 126 Å². The zero-order valence-corrected chi connectivity index (χ0v) is 49.8. The number of anilines is 12. The molecule has 5 nitrogen and oxygen atoms in total. The zero-order valence-electron chi connectivity index (χ0n) is 49.0. The Kier molecular flexibility index (Phi) is 12.3. The molecule has 4 heterocycles. The van der Waals surface area contributed by atoms with Crippen molar-refractivity contribution in [2.75, 3.05) is 19.6 Å². The number of hydrogen-bond donors (Lipinski definition) is 0. The highest BCUT2D eigenvalue weighted by molar-refractivity contribution is 8.00. The van der Waals surface area contributed by atoms with Crippen LogP contribution in [0.2, 0.25) is 0 Å². The lowest BCUT2D eigenvalue weighted by atomic mass is 9.31. The topological polar surface area (TPSA) is 22.2 Å². The van der Waals surface area contributed by atoms with E-state index >= 15 is 0 Å². The molecule has 12 aromatic carbocycles. The van der Waals surface area contributed by atoms with Crippen LogP contribution in [-0.4, -0.2) is 13.4 Å². The molecule has 0 saturated heterocycles. The van der Waals surface area contributed by atoms with Crippen LogP contribution in [0.25, 0.3) is 11.1 Å². The molecule has 0 amide bonds. The maximum atomic E-state index is 7.19. The fourth-order valence-corrected chi connectivity index (χ4v) is 15.8. The van der Waals surface area contributed by atoms with E-state index in [9.17, 15) is 0 Å². The molecule has 410 valence electrons. The largest absolute Gasteiger partial charge is 0.458 e. The lowest BCUT2D eigenvalue weighted by molar-refractivity contribution is 0.486. The van der Waals surface area contributed by atoms with Crippen LogP contribution in [0, 0.1) is 41.5 Å². The molecule has 0 aromatic heterocycles. The molecular weight excluding hydrogens is 1060 g/mol. The van der Waals surface area contributed by atoms with Crippen molar-refractivity contribution in [2.24, 2.45) is 0 Å². The van der Waals surface area contributed by atoms with E-state index in [0.29, 0.717) is 0 Å². The molecule has 0 spiro atoms. The van der Waals surface area contributed by atoms with Gasteiger partial charge in [0.2, 0.25) is 0 Å². The predicted octanol–water partition coefficient (Wildman–Crippen LogP) is 17.3. The molecule has 0 saturated carbocycles. The fraction of sp³-hybridized carbons (Fsp3) is 0.0769. The van der Waals surface area contributed by atoms with Crippen molar-refractivity contribution < 1.29 is 4.74 Å². The van der Waals surface area contributed by atoms with Gasteiger partial charge in [-0.25, -0.2) is 0 Å². The van der Waals surface area contributed by atoms with E-state index in [1.165, 1.54) is 98.7 Å². The van der Waals surface area contributed by atoms with E-state index in [-0.39, 0.29) is 13.4 Å². The zero-order chi connectivity index (χ0) is 57.9. The number of aryl methyl sites for hydroxylation is 6. The second kappa shape index (κ2) is 20.4. The van der Waals surface area contributed by atoms with Gasteiger partial charge in [0.25, 0.3) is 13.4 Å². The van der Waals surface area contributed by atoms with E-state index < -0.39 is 0 Å². The van der Waals surface area contributed by atoms with Crippen molar-refractivity contribution in [3.8, 4) is 22.6 Å². The molecule has 0 aliphatic carbocycles. The second-order valence-corrected chi connectivity index (χ2v) is 24.6. The van der Waals surface area contributed by atoms with Crippen LogP contribution in [0.3, 0.4) is 0 Å². The number of rotatable bonds is 9. The summed E-state index contributed by atoms with van der Waals surface area (Å²) in [6.45, 7) is 13.2. The Bertz CT molecular complexity index is 4660. The quantitative estimate of drug-likeness (QED) is 0.133. The number of nitrogens with zero attached hydrogens (tertiary/aromatic N) is 4. The van der Waals surface area contributed by atoms with Crippen LogP contribution >= 0.6 is 11.8 Å². The van der Waals surface area contributed by atoms with Gasteiger partial charge in [-0.05, 0) is 175 Å². The molecule has 8 heteroatoms. The Morgan fingerprint density at radius 1 is 0.326 bits per heavy atom. The average molecular weight is 1120 g/mol. The van der Waals surface area contributed by atoms with E-state index in [1.54, 1.807) is 0 Å². The molecular formula is C78H60B2N4OS. The minimum Gasteiger partial charge on any atom is -0.458 e. The van der Waals surface area contributed by atoms with E-state index in [0.717, 1.165) is 68.1 Å². The maximum Gasteiger partial charge on any atom is 0.253 e. The van der Waals surface area contributed by atoms with E-state index in [4.69, 9.17) is 4.74 Å². The highest BCUT2D eigenvalue weighted by Gasteiger charge is 2.48. The monoisotopic (exact) mass is 1120 g/mol. The summed E-state index contributed by atoms with van der Waals surface area (Å²) in [5.74, 6) is 1.78. The lowest BCUT2D eigenvalue weighted by Crippen LogP contribution is -2.64. The van der Waals surface area contributed by atoms with Gasteiger partial charge in [-0.3, -0.25) is 0 Å². The first-order valence-electron chi connectivity index (χ1n) is 29.9. The van der Waals surface area contributed by atoms with Crippen LogP contribution in [-0.2, 0) is 0 Å². The van der Waals surface area contributed by atoms with Crippen LogP contribution in [0.1, 0.15) is 33.4 Å². The van der Waals surface area contributed by atoms with Crippen LogP contribution < -0.4 is 57.1 Å². The normalized spacial score (nSPS) is 13.0. The highest BCUT2D eigenvalue weighted by Crippen LogP contribution is 2.53. The summed E-state index contributed by atoms with van der Waals surface area (Å²) in [7, 11) is 0. The third kappa shape index (κ3) is 8.10. The predicted molar refractivity (Wildman–Crippen MR) is 365 cm³/mol. The SMILES string of the molecule is Cc1cccc(C)c1N(c1ccccc1)c1cc2c3c(c1)Sc1cc4c(cc1B3c1ccccc1O2)B1c2ccccc2N(c2c(C)cccc2C)c2cc(N(c3ccccc3)c3c(C)cccc3C)cc(c21)N4c1ccccc1-c1ccccc1. The van der Waals surface area contributed by atoms with Crippen molar-refractivity contribution in [3.05, 3.63) is 288 Å². The van der Waals surface area contributed by atoms with Crippen molar-refractivity contribution in [3.63, 3.8) is 0 Å². The lowest BCUT2D eigenvalue weighted by Gasteiger charge is -2.46. The van der Waals surface area contributed by atoms with Gasteiger partial charge in [-0.2, -0.15) is 0 Å². The average Bonchev–Trinajstić information content (AvgIpc) is 0.991. The Labute approximate surface area is 509 Å². The van der Waals surface area contributed by atoms with E-state index in [2.05, 4.69) is 316 Å². The maximum absolute atomic E-state index is 7.19. The highest BCUT2D eigenvalue weighted by atomic mass is 32.2. The van der Waals surface area contributed by atoms with E-state index in [1.807, 2.05) is 11.8 Å². The molecule has 0 bridgehead atoms. The van der Waals surface area contributed by atoms with Gasteiger partial charge in [0, 0.05) is 55.5 Å². The summed E-state index contributed by atoms with van der Waals surface area (Å²) in [5, 5.41) is 0. The summed E-state index contributed by atoms with van der Waals surface area (Å²) >= 11 is 1.88. The van der Waals surface area contributed by atoms with Crippen LogP contribution in [0.5, 0.6) is 11.5 Å². The first-order valence-corrected chi connectivity index (χ1v) is 30.7. The van der Waals surface area contributed by atoms with Crippen LogP contribution in [0.15, 0.2) is 265 Å². The molecule has 0 fully saturated rings. The molecule has 16 rings (SSSR count). The molecule has 0 atom stereocenters. The number of fused-ring (bicyclic) bond motifs is 8. The number of hydrogen-bond acceptors (Lipinski definition) is 6. The van der Waals surface area contributed by atoms with Gasteiger partial charge in [0.1, 0.15) is 11.5 Å². The van der Waals surface area contributed by atoms with Gasteiger partial charge < -0.3 is 24.3 Å². The summed E-state index contributed by atoms with van der Waals surface area (Å²) in [6, 6.07) is 94.6.